The normalized spacial score (nSPS) is 26.6. The fraction of sp³-hybridized carbons (Fsp3) is 0.630. The number of esters is 2. The molecule has 0 radical (unpaired) electrons. The van der Waals surface area contributed by atoms with Crippen LogP contribution < -0.4 is 21.7 Å². The molecule has 1 heterocycles. The van der Waals surface area contributed by atoms with Crippen LogP contribution in [-0.4, -0.2) is 115 Å². The second-order valence-electron chi connectivity index (χ2n) is 16.9. The first kappa shape index (κ1) is 53.4. The van der Waals surface area contributed by atoms with Crippen molar-refractivity contribution < 1.29 is 43.0 Å². The van der Waals surface area contributed by atoms with E-state index in [-0.39, 0.29) is 42.6 Å². The number of allylic oxidation sites excluding steroid dienone is 2. The van der Waals surface area contributed by atoms with Crippen LogP contribution in [0.25, 0.3) is 0 Å². The van der Waals surface area contributed by atoms with Crippen molar-refractivity contribution in [2.75, 3.05) is 27.2 Å². The number of carbonyl (C=O) groups excluding carboxylic acids is 7. The lowest BCUT2D eigenvalue weighted by molar-refractivity contribution is -0.154. The molecular weight excluding hydrogens is 816 g/mol. The van der Waals surface area contributed by atoms with Crippen LogP contribution in [0.5, 0.6) is 0 Å². The van der Waals surface area contributed by atoms with Crippen molar-refractivity contribution in [3.8, 4) is 0 Å². The highest BCUT2D eigenvalue weighted by molar-refractivity contribution is 6.30. The van der Waals surface area contributed by atoms with Crippen molar-refractivity contribution in [3.63, 3.8) is 0 Å². The van der Waals surface area contributed by atoms with Crippen LogP contribution in [0, 0.1) is 17.8 Å². The minimum atomic E-state index is -1.23. The third-order valence-corrected chi connectivity index (χ3v) is 11.4. The fourth-order valence-corrected chi connectivity index (χ4v) is 7.04. The predicted molar refractivity (Wildman–Crippen MR) is 239 cm³/mol. The van der Waals surface area contributed by atoms with Crippen molar-refractivity contribution in [2.45, 2.75) is 143 Å². The molecule has 2 unspecified atom stereocenters. The monoisotopic (exact) mass is 886 g/mol. The van der Waals surface area contributed by atoms with Crippen LogP contribution >= 0.6 is 11.6 Å². The van der Waals surface area contributed by atoms with E-state index in [9.17, 15) is 33.6 Å². The molecule has 346 valence electrons. The molecule has 0 saturated carbocycles. The van der Waals surface area contributed by atoms with E-state index >= 15 is 0 Å². The first-order valence-corrected chi connectivity index (χ1v) is 22.2. The van der Waals surface area contributed by atoms with E-state index in [0.29, 0.717) is 49.2 Å². The van der Waals surface area contributed by atoms with Gasteiger partial charge in [0.25, 0.3) is 5.91 Å². The number of benzene rings is 1. The molecule has 0 aromatic heterocycles. The summed E-state index contributed by atoms with van der Waals surface area (Å²) in [5.41, 5.74) is 6.75. The molecule has 0 fully saturated rings. The summed E-state index contributed by atoms with van der Waals surface area (Å²) >= 11 is 6.16. The quantitative estimate of drug-likeness (QED) is 0.138. The molecule has 62 heavy (non-hydrogen) atoms. The van der Waals surface area contributed by atoms with E-state index in [4.69, 9.17) is 26.8 Å². The number of hydrogen-bond donors (Lipinski definition) is 4. The second-order valence-corrected chi connectivity index (χ2v) is 17.3. The lowest BCUT2D eigenvalue weighted by atomic mass is 9.97. The van der Waals surface area contributed by atoms with Crippen LogP contribution in [0.2, 0.25) is 5.02 Å². The van der Waals surface area contributed by atoms with Gasteiger partial charge in [-0.2, -0.15) is 0 Å². The number of likely N-dealkylation sites (N-methyl/N-ethyl adjacent to an activating group) is 2. The zero-order chi connectivity index (χ0) is 46.7. The highest BCUT2D eigenvalue weighted by Crippen LogP contribution is 2.21. The lowest BCUT2D eigenvalue weighted by Gasteiger charge is -2.34. The van der Waals surface area contributed by atoms with Crippen LogP contribution in [-0.2, 0) is 49.5 Å². The van der Waals surface area contributed by atoms with Crippen molar-refractivity contribution in [1.29, 1.82) is 0 Å². The number of amides is 5. The number of cyclic esters (lactones) is 2. The Kier molecular flexibility index (Phi) is 22.9. The highest BCUT2D eigenvalue weighted by Gasteiger charge is 2.37. The maximum Gasteiger partial charge on any atom is 0.334 e. The maximum absolute atomic E-state index is 14.5. The standard InChI is InChI=1S/C46H71ClN6O9/c1-11-16-37-30(6)17-15-18-31(7)45(59)62-38(25-28(3)4)41(55)50-35(19-13-14-24-48)43(57)53(10)36(26-33-20-22-34(47)23-21-33)44(58)52(9)27-39(54)51-40(29(5)12-2)42(56)49-32(8)46(60)61-37/h11,16,18,20-23,28-30,32,35-38,40H,12-15,17,19,24-27,48H2,1-10H3,(H,49,56)(H,50,55)(H,51,54)/b16-11+,31-18+/t29?,30-,32+,35?,36+,37+,38+,40-/m0/s1. The van der Waals surface area contributed by atoms with Gasteiger partial charge in [-0.1, -0.05) is 76.9 Å². The Morgan fingerprint density at radius 3 is 2.18 bits per heavy atom. The highest BCUT2D eigenvalue weighted by atomic mass is 35.5. The number of nitrogens with one attached hydrogen (secondary N) is 3. The summed E-state index contributed by atoms with van der Waals surface area (Å²) in [7, 11) is 2.88. The summed E-state index contributed by atoms with van der Waals surface area (Å²) in [5, 5.41) is 8.75. The summed E-state index contributed by atoms with van der Waals surface area (Å²) in [4.78, 5) is 99.4. The summed E-state index contributed by atoms with van der Waals surface area (Å²) in [6.45, 7) is 14.1. The predicted octanol–water partition coefficient (Wildman–Crippen LogP) is 4.64. The van der Waals surface area contributed by atoms with Gasteiger partial charge in [0.1, 0.15) is 30.3 Å². The molecule has 0 spiro atoms. The molecular formula is C46H71ClN6O9. The van der Waals surface area contributed by atoms with E-state index in [0.717, 1.165) is 0 Å². The number of nitrogens with two attached hydrogens (primary N) is 1. The number of hydrogen-bond acceptors (Lipinski definition) is 10. The minimum absolute atomic E-state index is 0.0342. The molecule has 1 aromatic rings. The Morgan fingerprint density at radius 1 is 0.919 bits per heavy atom. The molecule has 1 aliphatic heterocycles. The average molecular weight is 888 g/mol. The molecule has 1 aliphatic rings. The van der Waals surface area contributed by atoms with Gasteiger partial charge in [0.15, 0.2) is 6.10 Å². The SMILES string of the molecule is C/C=C/[C@H]1OC(=O)[C@@H](C)NC(=O)[C@H](C(C)CC)NC(=O)CN(C)C(=O)[C@@H](Cc2ccc(Cl)cc2)N(C)C(=O)C(CCCCN)NC(=O)[C@@H](CC(C)C)OC(=O)/C(C)=C/CC[C@@H]1C. The van der Waals surface area contributed by atoms with Gasteiger partial charge in [-0.05, 0) is 107 Å². The van der Waals surface area contributed by atoms with Gasteiger partial charge in [0, 0.05) is 31.1 Å². The first-order valence-electron chi connectivity index (χ1n) is 21.8. The Morgan fingerprint density at radius 2 is 1.58 bits per heavy atom. The largest absolute Gasteiger partial charge is 0.456 e. The number of carbonyl (C=O) groups is 7. The average Bonchev–Trinajstić information content (AvgIpc) is 3.22. The van der Waals surface area contributed by atoms with Crippen LogP contribution in [0.15, 0.2) is 48.1 Å². The number of ether oxygens (including phenoxy) is 2. The molecule has 1 aromatic carbocycles. The lowest BCUT2D eigenvalue weighted by Crippen LogP contribution is -2.58. The van der Waals surface area contributed by atoms with Crippen molar-refractivity contribution in [2.24, 2.45) is 23.5 Å². The van der Waals surface area contributed by atoms with Crippen molar-refractivity contribution >= 4 is 53.1 Å². The van der Waals surface area contributed by atoms with Gasteiger partial charge in [0.2, 0.25) is 23.6 Å². The molecule has 2 rings (SSSR count). The Hall–Kier alpha value is -4.76. The van der Waals surface area contributed by atoms with Crippen molar-refractivity contribution in [1.82, 2.24) is 25.8 Å². The van der Waals surface area contributed by atoms with E-state index in [1.54, 1.807) is 63.3 Å². The van der Waals surface area contributed by atoms with Gasteiger partial charge in [-0.3, -0.25) is 24.0 Å². The Bertz CT molecular complexity index is 1730. The van der Waals surface area contributed by atoms with Gasteiger partial charge in [-0.15, -0.1) is 0 Å². The summed E-state index contributed by atoms with van der Waals surface area (Å²) in [6.07, 6.45) is 6.23. The van der Waals surface area contributed by atoms with E-state index in [1.807, 2.05) is 27.7 Å². The van der Waals surface area contributed by atoms with Crippen LogP contribution in [0.4, 0.5) is 0 Å². The molecule has 5 N–H and O–H groups in total. The van der Waals surface area contributed by atoms with Crippen LogP contribution in [0.1, 0.15) is 106 Å². The van der Waals surface area contributed by atoms with E-state index < -0.39 is 84.4 Å². The first-order chi connectivity index (χ1) is 29.2. The molecule has 0 saturated heterocycles. The number of rotatable bonds is 11. The summed E-state index contributed by atoms with van der Waals surface area (Å²) in [6, 6.07) is 2.39. The molecule has 16 heteroatoms. The molecule has 15 nitrogen and oxygen atoms in total. The second kappa shape index (κ2) is 26.7. The maximum atomic E-state index is 14.5. The smallest absolute Gasteiger partial charge is 0.334 e. The Balaban J connectivity index is 2.68. The molecule has 8 atom stereocenters. The zero-order valence-corrected chi connectivity index (χ0v) is 39.1. The zero-order valence-electron chi connectivity index (χ0n) is 38.3. The number of unbranched alkanes of at least 4 members (excludes halogenated alkanes) is 1. The van der Waals surface area contributed by atoms with Gasteiger partial charge < -0.3 is 41.0 Å². The van der Waals surface area contributed by atoms with E-state index in [2.05, 4.69) is 16.0 Å². The van der Waals surface area contributed by atoms with Gasteiger partial charge >= 0.3 is 11.9 Å². The van der Waals surface area contributed by atoms with Crippen LogP contribution in [0.3, 0.4) is 0 Å². The molecule has 0 bridgehead atoms. The third-order valence-electron chi connectivity index (χ3n) is 11.1. The molecule has 0 aliphatic carbocycles. The summed E-state index contributed by atoms with van der Waals surface area (Å²) in [5.74, 6) is -5.02. The third kappa shape index (κ3) is 17.2. The minimum Gasteiger partial charge on any atom is -0.456 e. The van der Waals surface area contributed by atoms with Gasteiger partial charge in [0.05, 0.1) is 6.54 Å². The topological polar surface area (TPSA) is 207 Å². The van der Waals surface area contributed by atoms with E-state index in [1.165, 1.54) is 30.8 Å². The Labute approximate surface area is 373 Å². The number of halogens is 1. The van der Waals surface area contributed by atoms with Gasteiger partial charge in [-0.25, -0.2) is 9.59 Å². The summed E-state index contributed by atoms with van der Waals surface area (Å²) < 4.78 is 11.6. The fourth-order valence-electron chi connectivity index (χ4n) is 6.92. The van der Waals surface area contributed by atoms with Crippen molar-refractivity contribution in [3.05, 3.63) is 58.7 Å². The molecule has 5 amide bonds. The number of nitrogens with zero attached hydrogens (tertiary/aromatic N) is 2.